The van der Waals surface area contributed by atoms with Crippen molar-refractivity contribution in [3.63, 3.8) is 0 Å². The van der Waals surface area contributed by atoms with Crippen molar-refractivity contribution < 1.29 is 4.79 Å². The third-order valence-corrected chi connectivity index (χ3v) is 14.7. The summed E-state index contributed by atoms with van der Waals surface area (Å²) >= 11 is 0. The van der Waals surface area contributed by atoms with Crippen LogP contribution < -0.4 is 16.0 Å². The molecule has 2 aliphatic carbocycles. The van der Waals surface area contributed by atoms with Gasteiger partial charge in [-0.25, -0.2) is 4.99 Å². The van der Waals surface area contributed by atoms with Gasteiger partial charge in [-0.3, -0.25) is 4.79 Å². The molecule has 2 saturated carbocycles. The standard InChI is InChI=1S/C38H67N4OP/c1-6-9-26-44(27-10-7-2,28-11-8-3)30-32-22-24-35(25-23-32)39-37(43)36(29-31(4)5)42-38(40-33-18-14-12-15-19-33)41-34-20-16-13-17-21-34/h22-25,31,33-34,36H,6-21,26-30H2,1-5H3,(H2-,39,40,41,42,43)/p+1/t36-/m0/s1. The fourth-order valence-electron chi connectivity index (χ4n) is 7.18. The normalized spacial score (nSPS) is 17.9. The molecule has 1 atom stereocenters. The zero-order valence-electron chi connectivity index (χ0n) is 29.3. The Morgan fingerprint density at radius 3 is 1.89 bits per heavy atom. The van der Waals surface area contributed by atoms with Gasteiger partial charge in [0.1, 0.15) is 6.04 Å². The second-order valence-corrected chi connectivity index (χ2v) is 18.8. The minimum Gasteiger partial charge on any atom is -0.354 e. The molecular weight excluding hydrogens is 559 g/mol. The number of anilines is 1. The maximum Gasteiger partial charge on any atom is 0.246 e. The average molecular weight is 628 g/mol. The number of rotatable bonds is 18. The van der Waals surface area contributed by atoms with Gasteiger partial charge in [0.25, 0.3) is 0 Å². The molecule has 44 heavy (non-hydrogen) atoms. The molecule has 0 spiro atoms. The van der Waals surface area contributed by atoms with Crippen LogP contribution in [-0.2, 0) is 11.0 Å². The van der Waals surface area contributed by atoms with Crippen LogP contribution in [0.3, 0.4) is 0 Å². The second kappa shape index (κ2) is 20.5. The molecule has 0 aliphatic heterocycles. The van der Waals surface area contributed by atoms with E-state index in [4.69, 9.17) is 4.99 Å². The Bertz CT molecular complexity index is 928. The average Bonchev–Trinajstić information content (AvgIpc) is 3.03. The highest BCUT2D eigenvalue weighted by atomic mass is 31.2. The zero-order chi connectivity index (χ0) is 31.6. The lowest BCUT2D eigenvalue weighted by atomic mass is 9.95. The number of carbonyl (C=O) groups excluding carboxylic acids is 1. The second-order valence-electron chi connectivity index (χ2n) is 14.5. The SMILES string of the molecule is CCCC[P+](CCCC)(CCCC)Cc1ccc(NC(=O)[C@H](CC(C)C)NC(=NC2CCCCC2)NC2CCCCC2)cc1. The Morgan fingerprint density at radius 1 is 0.818 bits per heavy atom. The predicted octanol–water partition coefficient (Wildman–Crippen LogP) is 10.2. The molecule has 1 aromatic carbocycles. The van der Waals surface area contributed by atoms with Crippen molar-refractivity contribution in [1.82, 2.24) is 10.6 Å². The Balaban J connectivity index is 1.71. The molecule has 0 aromatic heterocycles. The van der Waals surface area contributed by atoms with E-state index >= 15 is 0 Å². The molecule has 250 valence electrons. The van der Waals surface area contributed by atoms with Crippen LogP contribution in [-0.4, -0.2) is 48.5 Å². The summed E-state index contributed by atoms with van der Waals surface area (Å²) in [5.41, 5.74) is 2.36. The maximum absolute atomic E-state index is 13.8. The van der Waals surface area contributed by atoms with Crippen LogP contribution in [0, 0.1) is 5.92 Å². The number of guanidine groups is 1. The minimum atomic E-state index is -1.01. The van der Waals surface area contributed by atoms with Crippen LogP contribution in [0.1, 0.15) is 149 Å². The molecule has 0 heterocycles. The first-order valence-electron chi connectivity index (χ1n) is 18.7. The van der Waals surface area contributed by atoms with Gasteiger partial charge in [0.15, 0.2) is 5.96 Å². The van der Waals surface area contributed by atoms with E-state index in [9.17, 15) is 4.79 Å². The van der Waals surface area contributed by atoms with E-state index in [0.717, 1.165) is 30.9 Å². The minimum absolute atomic E-state index is 0.0453. The molecule has 1 aromatic rings. The van der Waals surface area contributed by atoms with Crippen molar-refractivity contribution in [2.24, 2.45) is 10.9 Å². The van der Waals surface area contributed by atoms with Crippen molar-refractivity contribution in [3.05, 3.63) is 29.8 Å². The number of nitrogens with zero attached hydrogens (tertiary/aromatic N) is 1. The van der Waals surface area contributed by atoms with E-state index in [0.29, 0.717) is 18.0 Å². The molecule has 1 amide bonds. The van der Waals surface area contributed by atoms with Crippen LogP contribution >= 0.6 is 7.26 Å². The van der Waals surface area contributed by atoms with Gasteiger partial charge >= 0.3 is 0 Å². The largest absolute Gasteiger partial charge is 0.354 e. The summed E-state index contributed by atoms with van der Waals surface area (Å²) in [5.74, 6) is 1.30. The number of nitrogens with one attached hydrogen (secondary N) is 3. The predicted molar refractivity (Wildman–Crippen MR) is 196 cm³/mol. The van der Waals surface area contributed by atoms with Gasteiger partial charge in [-0.15, -0.1) is 0 Å². The molecule has 3 N–H and O–H groups in total. The van der Waals surface area contributed by atoms with E-state index in [2.05, 4.69) is 74.8 Å². The Labute approximate surface area is 272 Å². The van der Waals surface area contributed by atoms with Crippen LogP contribution in [0.25, 0.3) is 0 Å². The molecule has 0 radical (unpaired) electrons. The highest BCUT2D eigenvalue weighted by Crippen LogP contribution is 2.63. The third kappa shape index (κ3) is 13.4. The monoisotopic (exact) mass is 628 g/mol. The summed E-state index contributed by atoms with van der Waals surface area (Å²) in [4.78, 5) is 19.0. The van der Waals surface area contributed by atoms with E-state index in [1.54, 1.807) is 0 Å². The first-order valence-corrected chi connectivity index (χ1v) is 21.2. The van der Waals surface area contributed by atoms with Crippen LogP contribution in [0.5, 0.6) is 0 Å². The summed E-state index contributed by atoms with van der Waals surface area (Å²) in [5, 5.41) is 10.7. The third-order valence-electron chi connectivity index (χ3n) is 9.86. The molecule has 2 aliphatic rings. The highest BCUT2D eigenvalue weighted by molar-refractivity contribution is 7.75. The summed E-state index contributed by atoms with van der Waals surface area (Å²) in [6, 6.07) is 9.37. The molecule has 0 unspecified atom stereocenters. The van der Waals surface area contributed by atoms with Gasteiger partial charge in [0, 0.05) is 19.0 Å². The number of carbonyl (C=O) groups is 1. The lowest BCUT2D eigenvalue weighted by Crippen LogP contribution is -2.52. The van der Waals surface area contributed by atoms with Crippen LogP contribution in [0.2, 0.25) is 0 Å². The Kier molecular flexibility index (Phi) is 17.2. The molecule has 0 bridgehead atoms. The number of hydrogen-bond donors (Lipinski definition) is 3. The van der Waals surface area contributed by atoms with Crippen LogP contribution in [0.15, 0.2) is 29.3 Å². The van der Waals surface area contributed by atoms with Gasteiger partial charge in [0.2, 0.25) is 5.91 Å². The summed E-state index contributed by atoms with van der Waals surface area (Å²) < 4.78 is 0. The van der Waals surface area contributed by atoms with E-state index in [1.165, 1.54) is 120 Å². The van der Waals surface area contributed by atoms with Crippen molar-refractivity contribution in [3.8, 4) is 0 Å². The first-order chi connectivity index (χ1) is 21.4. The van der Waals surface area contributed by atoms with Crippen molar-refractivity contribution in [2.75, 3.05) is 23.8 Å². The topological polar surface area (TPSA) is 65.5 Å². The van der Waals surface area contributed by atoms with Gasteiger partial charge in [0.05, 0.1) is 30.7 Å². The molecule has 3 rings (SSSR count). The van der Waals surface area contributed by atoms with Crippen LogP contribution in [0.4, 0.5) is 5.69 Å². The molecular formula is C38H68N4OP+. The Hall–Kier alpha value is -1.61. The fourth-order valence-corrected chi connectivity index (χ4v) is 12.3. The zero-order valence-corrected chi connectivity index (χ0v) is 30.2. The van der Waals surface area contributed by atoms with Crippen molar-refractivity contribution >= 4 is 24.8 Å². The number of aliphatic imine (C=N–C) groups is 1. The van der Waals surface area contributed by atoms with E-state index in [-0.39, 0.29) is 11.9 Å². The van der Waals surface area contributed by atoms with Gasteiger partial charge in [-0.2, -0.15) is 0 Å². The number of benzene rings is 1. The quantitative estimate of drug-likeness (QED) is 0.0862. The number of unbranched alkanes of at least 4 members (excludes halogenated alkanes) is 3. The molecule has 2 fully saturated rings. The fraction of sp³-hybridized carbons (Fsp3) is 0.789. The summed E-state index contributed by atoms with van der Waals surface area (Å²) in [6.07, 6.45) is 26.7. The summed E-state index contributed by atoms with van der Waals surface area (Å²) in [6.45, 7) is 11.4. The van der Waals surface area contributed by atoms with E-state index < -0.39 is 7.26 Å². The van der Waals surface area contributed by atoms with Crippen molar-refractivity contribution in [2.45, 2.75) is 168 Å². The highest BCUT2D eigenvalue weighted by Gasteiger charge is 2.35. The number of hydrogen-bond acceptors (Lipinski definition) is 2. The molecule has 5 nitrogen and oxygen atoms in total. The maximum atomic E-state index is 13.8. The van der Waals surface area contributed by atoms with E-state index in [1.807, 2.05) is 0 Å². The lowest BCUT2D eigenvalue weighted by molar-refractivity contribution is -0.118. The molecule has 0 saturated heterocycles. The first kappa shape index (κ1) is 36.9. The van der Waals surface area contributed by atoms with Gasteiger partial charge in [-0.1, -0.05) is 105 Å². The van der Waals surface area contributed by atoms with Gasteiger partial charge in [-0.05, 0) is 75.0 Å². The Morgan fingerprint density at radius 2 is 1.36 bits per heavy atom. The van der Waals surface area contributed by atoms with Gasteiger partial charge < -0.3 is 16.0 Å². The number of amides is 1. The summed E-state index contributed by atoms with van der Waals surface area (Å²) in [7, 11) is -1.01. The van der Waals surface area contributed by atoms with Crippen molar-refractivity contribution in [1.29, 1.82) is 0 Å². The lowest BCUT2D eigenvalue weighted by Gasteiger charge is -2.29. The molecule has 6 heteroatoms. The smallest absolute Gasteiger partial charge is 0.246 e.